The Hall–Kier alpha value is -1.01. The topological polar surface area (TPSA) is 66.9 Å². The van der Waals surface area contributed by atoms with Gasteiger partial charge in [-0.2, -0.15) is 0 Å². The van der Waals surface area contributed by atoms with Gasteiger partial charge in [0.05, 0.1) is 0 Å². The lowest BCUT2D eigenvalue weighted by molar-refractivity contribution is -0.116. The Balaban J connectivity index is 2.46. The summed E-state index contributed by atoms with van der Waals surface area (Å²) in [5.74, 6) is 0.321. The van der Waals surface area contributed by atoms with Gasteiger partial charge in [-0.1, -0.05) is 25.2 Å². The highest BCUT2D eigenvalue weighted by Gasteiger charge is 2.09. The molecule has 0 saturated heterocycles. The van der Waals surface area contributed by atoms with E-state index in [9.17, 15) is 4.79 Å². The number of anilines is 1. The molecule has 0 aromatic carbocycles. The van der Waals surface area contributed by atoms with Crippen LogP contribution in [-0.4, -0.2) is 29.7 Å². The van der Waals surface area contributed by atoms with Crippen molar-refractivity contribution in [1.82, 2.24) is 15.5 Å². The number of amides is 1. The van der Waals surface area contributed by atoms with Crippen LogP contribution in [0.1, 0.15) is 31.2 Å². The number of nitrogens with zero attached hydrogens (tertiary/aromatic N) is 2. The molecular weight excluding hydrogens is 212 g/mol. The lowest BCUT2D eigenvalue weighted by atomic mass is 10.2. The van der Waals surface area contributed by atoms with Gasteiger partial charge in [-0.25, -0.2) is 0 Å². The summed E-state index contributed by atoms with van der Waals surface area (Å²) in [7, 11) is 1.81. The number of hydrogen-bond donors (Lipinski definition) is 2. The van der Waals surface area contributed by atoms with Crippen LogP contribution < -0.4 is 10.6 Å². The molecule has 84 valence electrons. The molecule has 6 heteroatoms. The molecular formula is C9H16N4OS. The van der Waals surface area contributed by atoms with Crippen molar-refractivity contribution in [2.24, 2.45) is 0 Å². The molecule has 0 aliphatic heterocycles. The van der Waals surface area contributed by atoms with Crippen LogP contribution in [0.2, 0.25) is 0 Å². The number of nitrogens with one attached hydrogen (secondary N) is 2. The minimum absolute atomic E-state index is 0.0317. The van der Waals surface area contributed by atoms with E-state index >= 15 is 0 Å². The number of rotatable bonds is 5. The van der Waals surface area contributed by atoms with Gasteiger partial charge in [0.1, 0.15) is 5.01 Å². The molecule has 5 nitrogen and oxygen atoms in total. The van der Waals surface area contributed by atoms with Crippen molar-refractivity contribution in [2.75, 3.05) is 18.9 Å². The Labute approximate surface area is 93.3 Å². The normalized spacial score (nSPS) is 10.7. The summed E-state index contributed by atoms with van der Waals surface area (Å²) >= 11 is 1.43. The maximum absolute atomic E-state index is 11.3. The molecule has 1 amide bonds. The molecule has 1 aromatic heterocycles. The van der Waals surface area contributed by atoms with Crippen LogP contribution in [-0.2, 0) is 4.79 Å². The molecule has 0 saturated carbocycles. The Morgan fingerprint density at radius 1 is 1.47 bits per heavy atom. The first-order valence-corrected chi connectivity index (χ1v) is 5.73. The van der Waals surface area contributed by atoms with Crippen molar-refractivity contribution < 1.29 is 4.79 Å². The highest BCUT2D eigenvalue weighted by Crippen LogP contribution is 2.22. The predicted molar refractivity (Wildman–Crippen MR) is 61.2 cm³/mol. The van der Waals surface area contributed by atoms with Crippen molar-refractivity contribution in [3.63, 3.8) is 0 Å². The van der Waals surface area contributed by atoms with E-state index in [1.807, 2.05) is 20.9 Å². The first kappa shape index (κ1) is 12.1. The number of carbonyl (C=O) groups is 1. The van der Waals surface area contributed by atoms with Gasteiger partial charge in [-0.05, 0) is 7.05 Å². The maximum Gasteiger partial charge on any atom is 0.227 e. The fraction of sp³-hybridized carbons (Fsp3) is 0.667. The fourth-order valence-electron chi connectivity index (χ4n) is 0.939. The monoisotopic (exact) mass is 228 g/mol. The fourth-order valence-corrected chi connectivity index (χ4v) is 1.70. The van der Waals surface area contributed by atoms with Gasteiger partial charge < -0.3 is 10.6 Å². The predicted octanol–water partition coefficient (Wildman–Crippen LogP) is 1.21. The van der Waals surface area contributed by atoms with E-state index in [1.54, 1.807) is 0 Å². The van der Waals surface area contributed by atoms with Crippen LogP contribution in [0, 0.1) is 0 Å². The molecule has 15 heavy (non-hydrogen) atoms. The largest absolute Gasteiger partial charge is 0.319 e. The third kappa shape index (κ3) is 3.93. The molecule has 1 aromatic rings. The van der Waals surface area contributed by atoms with E-state index in [2.05, 4.69) is 20.8 Å². The summed E-state index contributed by atoms with van der Waals surface area (Å²) in [5.41, 5.74) is 0. The van der Waals surface area contributed by atoms with Gasteiger partial charge in [0, 0.05) is 18.9 Å². The lowest BCUT2D eigenvalue weighted by Crippen LogP contribution is -2.18. The second-order valence-electron chi connectivity index (χ2n) is 3.50. The molecule has 0 spiro atoms. The molecule has 0 aliphatic rings. The maximum atomic E-state index is 11.3. The van der Waals surface area contributed by atoms with E-state index in [1.165, 1.54) is 11.3 Å². The van der Waals surface area contributed by atoms with Gasteiger partial charge in [0.25, 0.3) is 0 Å². The van der Waals surface area contributed by atoms with E-state index in [0.717, 1.165) is 5.01 Å². The third-order valence-corrected chi connectivity index (χ3v) is 2.92. The van der Waals surface area contributed by atoms with Crippen LogP contribution in [0.3, 0.4) is 0 Å². The average molecular weight is 228 g/mol. The van der Waals surface area contributed by atoms with Gasteiger partial charge in [0.15, 0.2) is 0 Å². The minimum Gasteiger partial charge on any atom is -0.319 e. The Kier molecular flexibility index (Phi) is 4.64. The summed E-state index contributed by atoms with van der Waals surface area (Å²) in [5, 5.41) is 15.0. The van der Waals surface area contributed by atoms with Crippen LogP contribution in [0.4, 0.5) is 5.13 Å². The highest BCUT2D eigenvalue weighted by molar-refractivity contribution is 7.15. The summed E-state index contributed by atoms with van der Waals surface area (Å²) in [6.07, 6.45) is 0.451. The molecule has 1 heterocycles. The number of hydrogen-bond acceptors (Lipinski definition) is 5. The van der Waals surface area contributed by atoms with E-state index < -0.39 is 0 Å². The Bertz CT molecular complexity index is 324. The molecule has 1 rings (SSSR count). The van der Waals surface area contributed by atoms with Crippen molar-refractivity contribution in [1.29, 1.82) is 0 Å². The Morgan fingerprint density at radius 2 is 2.20 bits per heavy atom. The molecule has 0 unspecified atom stereocenters. The summed E-state index contributed by atoms with van der Waals surface area (Å²) in [4.78, 5) is 11.3. The van der Waals surface area contributed by atoms with Crippen LogP contribution in [0.15, 0.2) is 0 Å². The second kappa shape index (κ2) is 5.77. The third-order valence-electron chi connectivity index (χ3n) is 1.78. The van der Waals surface area contributed by atoms with Crippen molar-refractivity contribution in [3.05, 3.63) is 5.01 Å². The SMILES string of the molecule is CNCCC(=O)Nc1nnc(C(C)C)s1. The average Bonchev–Trinajstić information content (AvgIpc) is 2.63. The second-order valence-corrected chi connectivity index (χ2v) is 4.51. The quantitative estimate of drug-likeness (QED) is 0.795. The molecule has 2 N–H and O–H groups in total. The number of aromatic nitrogens is 2. The molecule has 0 fully saturated rings. The van der Waals surface area contributed by atoms with E-state index in [4.69, 9.17) is 0 Å². The molecule has 0 atom stereocenters. The molecule has 0 aliphatic carbocycles. The van der Waals surface area contributed by atoms with Gasteiger partial charge in [-0.15, -0.1) is 10.2 Å². The van der Waals surface area contributed by atoms with Crippen molar-refractivity contribution in [3.8, 4) is 0 Å². The molecule has 0 bridgehead atoms. The van der Waals surface area contributed by atoms with E-state index in [-0.39, 0.29) is 5.91 Å². The Morgan fingerprint density at radius 3 is 2.73 bits per heavy atom. The zero-order valence-corrected chi connectivity index (χ0v) is 10.0. The van der Waals surface area contributed by atoms with Gasteiger partial charge in [0.2, 0.25) is 11.0 Å². The highest BCUT2D eigenvalue weighted by atomic mass is 32.1. The summed E-state index contributed by atoms with van der Waals surface area (Å²) in [6, 6.07) is 0. The standard InChI is InChI=1S/C9H16N4OS/c1-6(2)8-12-13-9(15-8)11-7(14)4-5-10-3/h6,10H,4-5H2,1-3H3,(H,11,13,14). The van der Waals surface area contributed by atoms with E-state index in [0.29, 0.717) is 24.0 Å². The van der Waals surface area contributed by atoms with Crippen molar-refractivity contribution in [2.45, 2.75) is 26.2 Å². The van der Waals surface area contributed by atoms with Gasteiger partial charge >= 0.3 is 0 Å². The lowest BCUT2D eigenvalue weighted by Gasteiger charge is -1.99. The van der Waals surface area contributed by atoms with Crippen LogP contribution >= 0.6 is 11.3 Å². The molecule has 0 radical (unpaired) electrons. The minimum atomic E-state index is -0.0317. The summed E-state index contributed by atoms with van der Waals surface area (Å²) in [6.45, 7) is 4.77. The number of carbonyl (C=O) groups excluding carboxylic acids is 1. The first-order chi connectivity index (χ1) is 7.13. The zero-order valence-electron chi connectivity index (χ0n) is 9.20. The van der Waals surface area contributed by atoms with Crippen LogP contribution in [0.5, 0.6) is 0 Å². The van der Waals surface area contributed by atoms with Crippen LogP contribution in [0.25, 0.3) is 0 Å². The summed E-state index contributed by atoms with van der Waals surface area (Å²) < 4.78 is 0. The smallest absolute Gasteiger partial charge is 0.227 e. The first-order valence-electron chi connectivity index (χ1n) is 4.91. The zero-order chi connectivity index (χ0) is 11.3. The van der Waals surface area contributed by atoms with Gasteiger partial charge in [-0.3, -0.25) is 4.79 Å². The van der Waals surface area contributed by atoms with Crippen molar-refractivity contribution >= 4 is 22.4 Å².